The van der Waals surface area contributed by atoms with Gasteiger partial charge in [-0.25, -0.2) is 0 Å². The van der Waals surface area contributed by atoms with Gasteiger partial charge in [-0.15, -0.1) is 0 Å². The summed E-state index contributed by atoms with van der Waals surface area (Å²) < 4.78 is 0. The van der Waals surface area contributed by atoms with E-state index in [1.807, 2.05) is 11.9 Å². The van der Waals surface area contributed by atoms with E-state index < -0.39 is 0 Å². The molecule has 3 nitrogen and oxygen atoms in total. The predicted molar refractivity (Wildman–Crippen MR) is 53.2 cm³/mol. The highest BCUT2D eigenvalue weighted by Gasteiger charge is 2.33. The van der Waals surface area contributed by atoms with Gasteiger partial charge in [0.2, 0.25) is 5.91 Å². The molecule has 1 fully saturated rings. The van der Waals surface area contributed by atoms with E-state index in [0.717, 1.165) is 19.4 Å². The van der Waals surface area contributed by atoms with Crippen LogP contribution in [0.5, 0.6) is 0 Å². The van der Waals surface area contributed by atoms with Crippen LogP contribution in [0.1, 0.15) is 26.7 Å². The van der Waals surface area contributed by atoms with Crippen molar-refractivity contribution in [3.8, 4) is 0 Å². The molecular weight excluding hydrogens is 164 g/mol. The first-order valence-electron chi connectivity index (χ1n) is 5.01. The van der Waals surface area contributed by atoms with Crippen molar-refractivity contribution in [3.63, 3.8) is 0 Å². The number of carbonyl (C=O) groups is 1. The number of amides is 1. The van der Waals surface area contributed by atoms with Crippen molar-refractivity contribution in [2.75, 3.05) is 13.6 Å². The van der Waals surface area contributed by atoms with E-state index in [4.69, 9.17) is 5.73 Å². The van der Waals surface area contributed by atoms with Crippen molar-refractivity contribution < 1.29 is 4.79 Å². The minimum Gasteiger partial charge on any atom is -0.345 e. The molecule has 1 saturated carbocycles. The number of hydrogen-bond acceptors (Lipinski definition) is 2. The molecule has 0 radical (unpaired) electrons. The molecule has 3 heteroatoms. The van der Waals surface area contributed by atoms with Crippen LogP contribution in [-0.2, 0) is 4.79 Å². The van der Waals surface area contributed by atoms with E-state index in [2.05, 4.69) is 13.8 Å². The first-order chi connectivity index (χ1) is 6.00. The van der Waals surface area contributed by atoms with E-state index in [0.29, 0.717) is 5.92 Å². The summed E-state index contributed by atoms with van der Waals surface area (Å²) in [7, 11) is 1.88. The van der Waals surface area contributed by atoms with Gasteiger partial charge in [0, 0.05) is 25.6 Å². The lowest BCUT2D eigenvalue weighted by Crippen LogP contribution is -2.46. The van der Waals surface area contributed by atoms with E-state index in [-0.39, 0.29) is 17.9 Å². The molecule has 0 atom stereocenters. The van der Waals surface area contributed by atoms with Gasteiger partial charge in [0.25, 0.3) is 0 Å². The van der Waals surface area contributed by atoms with E-state index in [1.54, 1.807) is 0 Å². The van der Waals surface area contributed by atoms with Crippen molar-refractivity contribution in [3.05, 3.63) is 0 Å². The Morgan fingerprint density at radius 2 is 2.08 bits per heavy atom. The van der Waals surface area contributed by atoms with E-state index in [9.17, 15) is 4.79 Å². The molecule has 13 heavy (non-hydrogen) atoms. The lowest BCUT2D eigenvalue weighted by Gasteiger charge is -2.34. The highest BCUT2D eigenvalue weighted by molar-refractivity contribution is 5.79. The molecule has 0 aromatic rings. The Morgan fingerprint density at radius 1 is 1.54 bits per heavy atom. The fourth-order valence-corrected chi connectivity index (χ4v) is 1.81. The Kier molecular flexibility index (Phi) is 3.31. The summed E-state index contributed by atoms with van der Waals surface area (Å²) in [4.78, 5) is 13.5. The Hall–Kier alpha value is -0.570. The maximum Gasteiger partial charge on any atom is 0.225 e. The second-order valence-corrected chi connectivity index (χ2v) is 4.54. The summed E-state index contributed by atoms with van der Waals surface area (Å²) >= 11 is 0. The first kappa shape index (κ1) is 10.5. The molecule has 0 aromatic heterocycles. The van der Waals surface area contributed by atoms with Crippen LogP contribution in [0.4, 0.5) is 0 Å². The standard InChI is InChI=1S/C10H20N2O/c1-7(2)6-12(3)10(13)8-4-9(11)5-8/h7-9H,4-6,11H2,1-3H3. The van der Waals surface area contributed by atoms with Gasteiger partial charge < -0.3 is 10.6 Å². The molecular formula is C10H20N2O. The summed E-state index contributed by atoms with van der Waals surface area (Å²) in [5.41, 5.74) is 5.64. The molecule has 1 aliphatic rings. The van der Waals surface area contributed by atoms with Crippen LogP contribution in [0.25, 0.3) is 0 Å². The highest BCUT2D eigenvalue weighted by Crippen LogP contribution is 2.27. The number of carbonyl (C=O) groups excluding carboxylic acids is 1. The number of nitrogens with two attached hydrogens (primary N) is 1. The Bertz CT molecular complexity index is 185. The molecule has 1 aliphatic carbocycles. The number of hydrogen-bond donors (Lipinski definition) is 1. The van der Waals surface area contributed by atoms with Crippen LogP contribution < -0.4 is 5.73 Å². The van der Waals surface area contributed by atoms with Crippen LogP contribution in [0.3, 0.4) is 0 Å². The fraction of sp³-hybridized carbons (Fsp3) is 0.900. The van der Waals surface area contributed by atoms with E-state index >= 15 is 0 Å². The molecule has 0 heterocycles. The predicted octanol–water partition coefficient (Wildman–Crippen LogP) is 0.838. The van der Waals surface area contributed by atoms with Gasteiger partial charge in [-0.1, -0.05) is 13.8 Å². The Balaban J connectivity index is 2.30. The van der Waals surface area contributed by atoms with Gasteiger partial charge in [0.05, 0.1) is 0 Å². The molecule has 0 unspecified atom stereocenters. The van der Waals surface area contributed by atoms with Gasteiger partial charge >= 0.3 is 0 Å². The molecule has 1 rings (SSSR count). The highest BCUT2D eigenvalue weighted by atomic mass is 16.2. The zero-order valence-electron chi connectivity index (χ0n) is 8.79. The number of rotatable bonds is 3. The molecule has 0 saturated heterocycles. The van der Waals surface area contributed by atoms with Crippen LogP contribution in [0.2, 0.25) is 0 Å². The average molecular weight is 184 g/mol. The third-order valence-electron chi connectivity index (χ3n) is 2.54. The van der Waals surface area contributed by atoms with Gasteiger partial charge in [0.1, 0.15) is 0 Å². The smallest absolute Gasteiger partial charge is 0.225 e. The summed E-state index contributed by atoms with van der Waals surface area (Å²) in [5, 5.41) is 0. The third kappa shape index (κ3) is 2.69. The van der Waals surface area contributed by atoms with Crippen LogP contribution >= 0.6 is 0 Å². The quantitative estimate of drug-likeness (QED) is 0.706. The molecule has 0 aliphatic heterocycles. The summed E-state index contributed by atoms with van der Waals surface area (Å²) in [6.07, 6.45) is 1.75. The lowest BCUT2D eigenvalue weighted by atomic mass is 9.80. The SMILES string of the molecule is CC(C)CN(C)C(=O)C1CC(N)C1. The maximum atomic E-state index is 11.7. The third-order valence-corrected chi connectivity index (χ3v) is 2.54. The second-order valence-electron chi connectivity index (χ2n) is 4.54. The topological polar surface area (TPSA) is 46.3 Å². The maximum absolute atomic E-state index is 11.7. The minimum atomic E-state index is 0.207. The van der Waals surface area contributed by atoms with Crippen molar-refractivity contribution in [2.45, 2.75) is 32.7 Å². The number of nitrogens with zero attached hydrogens (tertiary/aromatic N) is 1. The normalized spacial score (nSPS) is 27.2. The van der Waals surface area contributed by atoms with E-state index in [1.165, 1.54) is 0 Å². The van der Waals surface area contributed by atoms with Crippen molar-refractivity contribution >= 4 is 5.91 Å². The monoisotopic (exact) mass is 184 g/mol. The summed E-state index contributed by atoms with van der Waals surface area (Å²) in [6.45, 7) is 5.09. The van der Waals surface area contributed by atoms with Crippen molar-refractivity contribution in [1.82, 2.24) is 4.90 Å². The van der Waals surface area contributed by atoms with Crippen molar-refractivity contribution in [2.24, 2.45) is 17.6 Å². The largest absolute Gasteiger partial charge is 0.345 e. The summed E-state index contributed by atoms with van der Waals surface area (Å²) in [6, 6.07) is 0.265. The average Bonchev–Trinajstić information content (AvgIpc) is 1.96. The lowest BCUT2D eigenvalue weighted by molar-refractivity contribution is -0.137. The zero-order valence-corrected chi connectivity index (χ0v) is 8.79. The molecule has 0 bridgehead atoms. The fourth-order valence-electron chi connectivity index (χ4n) is 1.81. The van der Waals surface area contributed by atoms with Crippen LogP contribution in [0, 0.1) is 11.8 Å². The van der Waals surface area contributed by atoms with Crippen LogP contribution in [-0.4, -0.2) is 30.4 Å². The Labute approximate surface area is 80.3 Å². The van der Waals surface area contributed by atoms with Gasteiger partial charge in [0.15, 0.2) is 0 Å². The van der Waals surface area contributed by atoms with Gasteiger partial charge in [-0.3, -0.25) is 4.79 Å². The molecule has 2 N–H and O–H groups in total. The summed E-state index contributed by atoms with van der Waals surface area (Å²) in [5.74, 6) is 1.02. The molecule has 0 spiro atoms. The first-order valence-corrected chi connectivity index (χ1v) is 5.01. The zero-order chi connectivity index (χ0) is 10.0. The van der Waals surface area contributed by atoms with Gasteiger partial charge in [-0.05, 0) is 18.8 Å². The van der Waals surface area contributed by atoms with Gasteiger partial charge in [-0.2, -0.15) is 0 Å². The second kappa shape index (κ2) is 4.09. The van der Waals surface area contributed by atoms with Crippen molar-refractivity contribution in [1.29, 1.82) is 0 Å². The molecule has 1 amide bonds. The minimum absolute atomic E-state index is 0.207. The molecule has 0 aromatic carbocycles. The Morgan fingerprint density at radius 3 is 2.46 bits per heavy atom. The molecule has 76 valence electrons. The van der Waals surface area contributed by atoms with Crippen LogP contribution in [0.15, 0.2) is 0 Å².